The molecule has 2 rings (SSSR count). The number of nitrogens with one attached hydrogen (secondary N) is 2. The Kier molecular flexibility index (Phi) is 6.31. The molecule has 0 spiro atoms. The molecule has 2 aromatic rings. The molecular formula is C17H18F2N2O2S. The van der Waals surface area contributed by atoms with Crippen LogP contribution < -0.4 is 20.1 Å². The Balaban J connectivity index is 1.97. The van der Waals surface area contributed by atoms with Crippen LogP contribution in [-0.2, 0) is 6.54 Å². The highest BCUT2D eigenvalue weighted by molar-refractivity contribution is 7.80. The number of rotatable bonds is 6. The van der Waals surface area contributed by atoms with E-state index in [2.05, 4.69) is 10.6 Å². The van der Waals surface area contributed by atoms with Crippen LogP contribution in [0.25, 0.3) is 0 Å². The Hall–Kier alpha value is -2.41. The van der Waals surface area contributed by atoms with Crippen LogP contribution in [0.4, 0.5) is 14.5 Å². The fraction of sp³-hybridized carbons (Fsp3) is 0.235. The molecule has 0 aliphatic rings. The predicted octanol–water partition coefficient (Wildman–Crippen LogP) is 3.86. The molecule has 0 heterocycles. The van der Waals surface area contributed by atoms with Crippen LogP contribution in [0.3, 0.4) is 0 Å². The van der Waals surface area contributed by atoms with Gasteiger partial charge in [0.2, 0.25) is 0 Å². The second-order valence-corrected chi connectivity index (χ2v) is 5.26. The molecule has 0 aliphatic heterocycles. The number of benzene rings is 2. The van der Waals surface area contributed by atoms with Crippen LogP contribution >= 0.6 is 12.2 Å². The largest absolute Gasteiger partial charge is 0.493 e. The lowest BCUT2D eigenvalue weighted by Gasteiger charge is -2.13. The van der Waals surface area contributed by atoms with Gasteiger partial charge in [-0.3, -0.25) is 0 Å². The zero-order chi connectivity index (χ0) is 17.5. The molecule has 0 unspecified atom stereocenters. The number of ether oxygens (including phenoxy) is 2. The normalized spacial score (nSPS) is 10.2. The summed E-state index contributed by atoms with van der Waals surface area (Å²) in [7, 11) is 1.58. The summed E-state index contributed by atoms with van der Waals surface area (Å²) in [4.78, 5) is 0. The van der Waals surface area contributed by atoms with E-state index in [0.29, 0.717) is 24.7 Å². The van der Waals surface area contributed by atoms with Gasteiger partial charge in [0.05, 0.1) is 19.4 Å². The average molecular weight is 352 g/mol. The summed E-state index contributed by atoms with van der Waals surface area (Å²) in [5.74, 6) is -0.0571. The molecule has 0 aromatic heterocycles. The first kappa shape index (κ1) is 17.9. The zero-order valence-corrected chi connectivity index (χ0v) is 14.2. The first-order valence-electron chi connectivity index (χ1n) is 7.33. The minimum atomic E-state index is -0.706. The lowest BCUT2D eigenvalue weighted by atomic mass is 10.2. The topological polar surface area (TPSA) is 42.5 Å². The third-order valence-corrected chi connectivity index (χ3v) is 3.41. The molecule has 2 aromatic carbocycles. The van der Waals surface area contributed by atoms with Crippen LogP contribution in [0.1, 0.15) is 12.5 Å². The Bertz CT molecular complexity index is 726. The van der Waals surface area contributed by atoms with Crippen LogP contribution in [0.5, 0.6) is 11.5 Å². The predicted molar refractivity (Wildman–Crippen MR) is 93.6 cm³/mol. The smallest absolute Gasteiger partial charge is 0.171 e. The van der Waals surface area contributed by atoms with Crippen molar-refractivity contribution in [1.29, 1.82) is 0 Å². The number of hydrogen-bond donors (Lipinski definition) is 2. The van der Waals surface area contributed by atoms with Crippen molar-refractivity contribution in [2.24, 2.45) is 0 Å². The van der Waals surface area contributed by atoms with E-state index in [-0.39, 0.29) is 10.8 Å². The highest BCUT2D eigenvalue weighted by Gasteiger charge is 2.08. The van der Waals surface area contributed by atoms with Gasteiger partial charge in [-0.2, -0.15) is 0 Å². The SMILES string of the molecule is CCOc1cc(CNC(=S)Nc2ccc(F)cc2F)ccc1OC. The Morgan fingerprint density at radius 2 is 1.92 bits per heavy atom. The molecule has 2 N–H and O–H groups in total. The van der Waals surface area contributed by atoms with Gasteiger partial charge in [0, 0.05) is 12.6 Å². The third-order valence-electron chi connectivity index (χ3n) is 3.16. The molecule has 0 radical (unpaired) electrons. The first-order chi connectivity index (χ1) is 11.5. The van der Waals surface area contributed by atoms with Crippen LogP contribution in [0.15, 0.2) is 36.4 Å². The molecule has 0 amide bonds. The lowest BCUT2D eigenvalue weighted by molar-refractivity contribution is 0.310. The molecule has 4 nitrogen and oxygen atoms in total. The monoisotopic (exact) mass is 352 g/mol. The average Bonchev–Trinajstić information content (AvgIpc) is 2.56. The summed E-state index contributed by atoms with van der Waals surface area (Å²) >= 11 is 5.12. The summed E-state index contributed by atoms with van der Waals surface area (Å²) in [6.45, 7) is 2.83. The van der Waals surface area contributed by atoms with E-state index in [4.69, 9.17) is 21.7 Å². The van der Waals surface area contributed by atoms with Gasteiger partial charge in [-0.05, 0) is 49.0 Å². The van der Waals surface area contributed by atoms with E-state index in [0.717, 1.165) is 17.7 Å². The lowest BCUT2D eigenvalue weighted by Crippen LogP contribution is -2.28. The van der Waals surface area contributed by atoms with Gasteiger partial charge in [-0.1, -0.05) is 6.07 Å². The van der Waals surface area contributed by atoms with Gasteiger partial charge in [0.15, 0.2) is 16.6 Å². The maximum atomic E-state index is 13.6. The van der Waals surface area contributed by atoms with Crippen molar-refractivity contribution in [3.63, 3.8) is 0 Å². The summed E-state index contributed by atoms with van der Waals surface area (Å²) in [6.07, 6.45) is 0. The van der Waals surface area contributed by atoms with Gasteiger partial charge in [-0.25, -0.2) is 8.78 Å². The molecular weight excluding hydrogens is 334 g/mol. The van der Waals surface area contributed by atoms with Gasteiger partial charge < -0.3 is 20.1 Å². The molecule has 0 fully saturated rings. The maximum Gasteiger partial charge on any atom is 0.171 e. The van der Waals surface area contributed by atoms with Crippen molar-refractivity contribution in [1.82, 2.24) is 5.32 Å². The first-order valence-corrected chi connectivity index (χ1v) is 7.74. The fourth-order valence-electron chi connectivity index (χ4n) is 2.04. The van der Waals surface area contributed by atoms with Crippen molar-refractivity contribution in [3.8, 4) is 11.5 Å². The Labute approximate surface area is 144 Å². The van der Waals surface area contributed by atoms with Crippen molar-refractivity contribution in [3.05, 3.63) is 53.6 Å². The number of anilines is 1. The number of methoxy groups -OCH3 is 1. The number of halogens is 2. The molecule has 0 aliphatic carbocycles. The van der Waals surface area contributed by atoms with Gasteiger partial charge >= 0.3 is 0 Å². The number of thiocarbonyl (C=S) groups is 1. The minimum Gasteiger partial charge on any atom is -0.493 e. The quantitative estimate of drug-likeness (QED) is 0.773. The van der Waals surface area contributed by atoms with Gasteiger partial charge in [0.25, 0.3) is 0 Å². The Morgan fingerprint density at radius 1 is 1.12 bits per heavy atom. The molecule has 0 saturated heterocycles. The summed E-state index contributed by atoms with van der Waals surface area (Å²) < 4.78 is 37.2. The molecule has 0 atom stereocenters. The maximum absolute atomic E-state index is 13.6. The van der Waals surface area contributed by atoms with E-state index in [9.17, 15) is 8.78 Å². The summed E-state index contributed by atoms with van der Waals surface area (Å²) in [5, 5.41) is 5.88. The third kappa shape index (κ3) is 4.79. The highest BCUT2D eigenvalue weighted by Crippen LogP contribution is 2.28. The van der Waals surface area contributed by atoms with Crippen molar-refractivity contribution in [2.75, 3.05) is 19.0 Å². The van der Waals surface area contributed by atoms with E-state index in [1.165, 1.54) is 6.07 Å². The summed E-state index contributed by atoms with van der Waals surface area (Å²) in [5.41, 5.74) is 1.03. The second kappa shape index (κ2) is 8.44. The summed E-state index contributed by atoms with van der Waals surface area (Å²) in [6, 6.07) is 8.76. The van der Waals surface area contributed by atoms with Gasteiger partial charge in [-0.15, -0.1) is 0 Å². The van der Waals surface area contributed by atoms with E-state index in [1.807, 2.05) is 19.1 Å². The van der Waals surface area contributed by atoms with Crippen LogP contribution in [0, 0.1) is 11.6 Å². The minimum absolute atomic E-state index is 0.110. The van der Waals surface area contributed by atoms with E-state index in [1.54, 1.807) is 13.2 Å². The second-order valence-electron chi connectivity index (χ2n) is 4.85. The molecule has 24 heavy (non-hydrogen) atoms. The Morgan fingerprint density at radius 3 is 2.58 bits per heavy atom. The molecule has 128 valence electrons. The molecule has 0 saturated carbocycles. The standard InChI is InChI=1S/C17H18F2N2O2S/c1-3-23-16-8-11(4-7-15(16)22-2)10-20-17(24)21-14-6-5-12(18)9-13(14)19/h4-9H,3,10H2,1-2H3,(H2,20,21,24). The number of hydrogen-bond acceptors (Lipinski definition) is 3. The fourth-order valence-corrected chi connectivity index (χ4v) is 2.22. The van der Waals surface area contributed by atoms with Crippen molar-refractivity contribution in [2.45, 2.75) is 13.5 Å². The molecule has 7 heteroatoms. The zero-order valence-electron chi connectivity index (χ0n) is 13.4. The van der Waals surface area contributed by atoms with Gasteiger partial charge in [0.1, 0.15) is 11.6 Å². The van der Waals surface area contributed by atoms with E-state index < -0.39 is 11.6 Å². The van der Waals surface area contributed by atoms with Crippen molar-refractivity contribution < 1.29 is 18.3 Å². The van der Waals surface area contributed by atoms with Crippen LogP contribution in [-0.4, -0.2) is 18.8 Å². The van der Waals surface area contributed by atoms with Crippen molar-refractivity contribution >= 4 is 23.0 Å². The van der Waals surface area contributed by atoms with Crippen LogP contribution in [0.2, 0.25) is 0 Å². The highest BCUT2D eigenvalue weighted by atomic mass is 32.1. The molecule has 0 bridgehead atoms. The van der Waals surface area contributed by atoms with E-state index >= 15 is 0 Å².